The number of rotatable bonds is 4. The zero-order valence-corrected chi connectivity index (χ0v) is 24.1. The summed E-state index contributed by atoms with van der Waals surface area (Å²) in [5.74, 6) is 0.325. The number of nitrogen functional groups attached to an aromatic ring is 1. The highest BCUT2D eigenvalue weighted by Crippen LogP contribution is 2.33. The van der Waals surface area contributed by atoms with E-state index in [0.717, 1.165) is 59.5 Å². The Morgan fingerprint density at radius 3 is 2.26 bits per heavy atom. The van der Waals surface area contributed by atoms with Crippen LogP contribution in [0.15, 0.2) is 83.7 Å². The van der Waals surface area contributed by atoms with E-state index in [9.17, 15) is 9.18 Å². The molecule has 0 aliphatic carbocycles. The third-order valence-electron chi connectivity index (χ3n) is 8.21. The van der Waals surface area contributed by atoms with Crippen LogP contribution < -0.4 is 21.1 Å². The number of imidazole rings is 1. The lowest BCUT2D eigenvalue weighted by Crippen LogP contribution is -2.46. The van der Waals surface area contributed by atoms with Gasteiger partial charge in [-0.15, -0.1) is 0 Å². The predicted octanol–water partition coefficient (Wildman–Crippen LogP) is 6.75. The second-order valence-corrected chi connectivity index (χ2v) is 11.5. The topological polar surface area (TPSA) is 71.8 Å². The maximum atomic E-state index is 14.4. The summed E-state index contributed by atoms with van der Waals surface area (Å²) in [5.41, 5.74) is 12.5. The minimum absolute atomic E-state index is 0.0824. The summed E-state index contributed by atoms with van der Waals surface area (Å²) in [6.45, 7) is 7.25. The van der Waals surface area contributed by atoms with E-state index in [4.69, 9.17) is 17.3 Å². The zero-order chi connectivity index (χ0) is 29.1. The molecular weight excluding hydrogens is 551 g/mol. The van der Waals surface area contributed by atoms with Gasteiger partial charge < -0.3 is 20.1 Å². The van der Waals surface area contributed by atoms with Crippen molar-refractivity contribution in [2.45, 2.75) is 19.9 Å². The first-order chi connectivity index (χ1) is 20.3. The number of fused-ring (bicyclic) bond motifs is 5. The van der Waals surface area contributed by atoms with Crippen molar-refractivity contribution in [2.24, 2.45) is 0 Å². The number of halogens is 2. The predicted molar refractivity (Wildman–Crippen MR) is 171 cm³/mol. The number of anilines is 3. The van der Waals surface area contributed by atoms with Crippen molar-refractivity contribution in [1.29, 1.82) is 0 Å². The van der Waals surface area contributed by atoms with Crippen LogP contribution in [0.25, 0.3) is 38.8 Å². The molecule has 0 spiro atoms. The highest BCUT2D eigenvalue weighted by molar-refractivity contribution is 6.35. The van der Waals surface area contributed by atoms with Crippen molar-refractivity contribution in [3.63, 3.8) is 0 Å². The molecule has 1 saturated heterocycles. The van der Waals surface area contributed by atoms with Gasteiger partial charge in [-0.2, -0.15) is 4.98 Å². The quantitative estimate of drug-likeness (QED) is 0.234. The smallest absolute Gasteiger partial charge is 0.283 e. The number of nitrogens with zero attached hydrogens (tertiary/aromatic N) is 5. The Labute approximate surface area is 247 Å². The fourth-order valence-corrected chi connectivity index (χ4v) is 6.42. The number of nitrogens with two attached hydrogens (primary N) is 1. The Balaban J connectivity index is 1.21. The normalized spacial score (nSPS) is 14.1. The second-order valence-electron chi connectivity index (χ2n) is 11.1. The van der Waals surface area contributed by atoms with Gasteiger partial charge in [0.2, 0.25) is 5.78 Å². The van der Waals surface area contributed by atoms with Crippen LogP contribution in [-0.4, -0.2) is 40.1 Å². The van der Waals surface area contributed by atoms with E-state index >= 15 is 0 Å². The molecule has 0 unspecified atom stereocenters. The van der Waals surface area contributed by atoms with Gasteiger partial charge in [0.05, 0.1) is 32.6 Å². The molecule has 2 N–H and O–H groups in total. The summed E-state index contributed by atoms with van der Waals surface area (Å²) in [6.07, 6.45) is 0. The number of aromatic nitrogens is 3. The maximum Gasteiger partial charge on any atom is 0.283 e. The van der Waals surface area contributed by atoms with Crippen molar-refractivity contribution in [2.75, 3.05) is 41.7 Å². The van der Waals surface area contributed by atoms with Crippen LogP contribution in [-0.2, 0) is 0 Å². The standard InChI is InChI=1S/C33H30ClFN6O/c1-20(2)40-30-18-22(8-12-28(30)41-29-5-3-4-25(34)31(29)32(42)37-33(40)41)21-6-10-24(11-7-21)38-14-16-39(17-15-38)27-13-9-23(36)19-26(27)35/h3-13,18-20H,14-17,36H2,1-2H3. The van der Waals surface area contributed by atoms with Crippen molar-refractivity contribution in [3.8, 4) is 11.1 Å². The Hall–Kier alpha value is -4.56. The Morgan fingerprint density at radius 1 is 0.833 bits per heavy atom. The van der Waals surface area contributed by atoms with Crippen molar-refractivity contribution >= 4 is 56.4 Å². The molecule has 0 atom stereocenters. The molecule has 2 aromatic heterocycles. The molecule has 7 rings (SSSR count). The van der Waals surface area contributed by atoms with E-state index in [1.807, 2.05) is 16.5 Å². The van der Waals surface area contributed by atoms with E-state index in [2.05, 4.69) is 75.7 Å². The molecule has 0 amide bonds. The zero-order valence-electron chi connectivity index (χ0n) is 23.4. The molecular formula is C33H30ClFN6O. The summed E-state index contributed by atoms with van der Waals surface area (Å²) >= 11 is 6.42. The number of hydrogen-bond acceptors (Lipinski definition) is 5. The van der Waals surface area contributed by atoms with Crippen LogP contribution in [0.5, 0.6) is 0 Å². The molecule has 0 bridgehead atoms. The Bertz CT molecular complexity index is 2040. The highest BCUT2D eigenvalue weighted by atomic mass is 35.5. The highest BCUT2D eigenvalue weighted by Gasteiger charge is 2.21. The van der Waals surface area contributed by atoms with Gasteiger partial charge in [-0.25, -0.2) is 4.39 Å². The summed E-state index contributed by atoms with van der Waals surface area (Å²) in [5, 5.41) is 0.832. The first-order valence-corrected chi connectivity index (χ1v) is 14.5. The third kappa shape index (κ3) is 4.25. The maximum absolute atomic E-state index is 14.4. The third-order valence-corrected chi connectivity index (χ3v) is 8.53. The minimum Gasteiger partial charge on any atom is -0.399 e. The fraction of sp³-hybridized carbons (Fsp3) is 0.212. The lowest BCUT2D eigenvalue weighted by molar-refractivity contribution is 0.598. The van der Waals surface area contributed by atoms with Gasteiger partial charge >= 0.3 is 0 Å². The molecule has 0 radical (unpaired) electrons. The first-order valence-electron chi connectivity index (χ1n) is 14.1. The second kappa shape index (κ2) is 10.1. The van der Waals surface area contributed by atoms with Gasteiger partial charge in [0, 0.05) is 43.6 Å². The molecule has 0 saturated carbocycles. The van der Waals surface area contributed by atoms with Crippen LogP contribution in [0.2, 0.25) is 5.02 Å². The molecule has 4 aromatic carbocycles. The fourth-order valence-electron chi connectivity index (χ4n) is 6.17. The van der Waals surface area contributed by atoms with Gasteiger partial charge in [0.25, 0.3) is 5.56 Å². The number of benzene rings is 4. The summed E-state index contributed by atoms with van der Waals surface area (Å²) in [6, 6.07) is 25.4. The Morgan fingerprint density at radius 2 is 1.55 bits per heavy atom. The monoisotopic (exact) mass is 580 g/mol. The average Bonchev–Trinajstić information content (AvgIpc) is 3.31. The van der Waals surface area contributed by atoms with E-state index in [1.165, 1.54) is 6.07 Å². The van der Waals surface area contributed by atoms with E-state index in [-0.39, 0.29) is 17.4 Å². The first kappa shape index (κ1) is 26.3. The van der Waals surface area contributed by atoms with Crippen LogP contribution in [0.1, 0.15) is 19.9 Å². The van der Waals surface area contributed by atoms with Crippen molar-refractivity contribution in [3.05, 3.63) is 100 Å². The molecule has 1 aliphatic heterocycles. The molecule has 212 valence electrons. The van der Waals surface area contributed by atoms with E-state index in [1.54, 1.807) is 18.2 Å². The summed E-state index contributed by atoms with van der Waals surface area (Å²) in [4.78, 5) is 21.9. The number of piperazine rings is 1. The van der Waals surface area contributed by atoms with Crippen LogP contribution >= 0.6 is 11.6 Å². The van der Waals surface area contributed by atoms with Crippen LogP contribution in [0.4, 0.5) is 21.5 Å². The van der Waals surface area contributed by atoms with Gasteiger partial charge in [0.1, 0.15) is 5.82 Å². The average molecular weight is 581 g/mol. The minimum atomic E-state index is -0.324. The molecule has 9 heteroatoms. The number of hydrogen-bond donors (Lipinski definition) is 1. The summed E-state index contributed by atoms with van der Waals surface area (Å²) in [7, 11) is 0. The SMILES string of the molecule is CC(C)n1c2cc(-c3ccc(N4CCN(c5ccc(N)cc5F)CC4)cc3)ccc2n2c3cccc(Cl)c3c(=O)nc12. The van der Waals surface area contributed by atoms with Gasteiger partial charge in [0.15, 0.2) is 0 Å². The van der Waals surface area contributed by atoms with Gasteiger partial charge in [-0.05, 0) is 79.6 Å². The van der Waals surface area contributed by atoms with Gasteiger partial charge in [-0.3, -0.25) is 9.20 Å². The van der Waals surface area contributed by atoms with Crippen molar-refractivity contribution in [1.82, 2.24) is 14.0 Å². The lowest BCUT2D eigenvalue weighted by Gasteiger charge is -2.37. The summed E-state index contributed by atoms with van der Waals surface area (Å²) < 4.78 is 18.6. The Kier molecular flexibility index (Phi) is 6.31. The van der Waals surface area contributed by atoms with Crippen LogP contribution in [0, 0.1) is 5.82 Å². The van der Waals surface area contributed by atoms with E-state index in [0.29, 0.717) is 27.6 Å². The molecule has 1 aliphatic rings. The molecule has 42 heavy (non-hydrogen) atoms. The van der Waals surface area contributed by atoms with E-state index < -0.39 is 0 Å². The lowest BCUT2D eigenvalue weighted by atomic mass is 10.0. The molecule has 7 nitrogen and oxygen atoms in total. The molecule has 6 aromatic rings. The molecule has 1 fully saturated rings. The van der Waals surface area contributed by atoms with Crippen LogP contribution in [0.3, 0.4) is 0 Å². The van der Waals surface area contributed by atoms with Crippen molar-refractivity contribution < 1.29 is 4.39 Å². The largest absolute Gasteiger partial charge is 0.399 e. The molecule has 3 heterocycles. The van der Waals surface area contributed by atoms with Gasteiger partial charge in [-0.1, -0.05) is 35.9 Å².